The van der Waals surface area contributed by atoms with Gasteiger partial charge in [-0.3, -0.25) is 14.9 Å². The molecule has 1 amide bonds. The van der Waals surface area contributed by atoms with Gasteiger partial charge in [-0.25, -0.2) is 9.59 Å². The Kier molecular flexibility index (Phi) is 6.86. The molecule has 1 N–H and O–H groups in total. The molecule has 10 nitrogen and oxygen atoms in total. The zero-order valence-corrected chi connectivity index (χ0v) is 16.6. The van der Waals surface area contributed by atoms with Crippen LogP contribution in [-0.2, 0) is 14.3 Å². The Labute approximate surface area is 162 Å². The van der Waals surface area contributed by atoms with Gasteiger partial charge < -0.3 is 19.5 Å². The molecule has 0 aromatic heterocycles. The molecule has 1 unspecified atom stereocenters. The molecule has 0 fully saturated rings. The summed E-state index contributed by atoms with van der Waals surface area (Å²) in [6.45, 7) is 7.07. The minimum absolute atomic E-state index is 0.0287. The van der Waals surface area contributed by atoms with Crippen molar-refractivity contribution in [3.8, 4) is 5.75 Å². The molecule has 0 bridgehead atoms. The van der Waals surface area contributed by atoms with E-state index in [1.165, 1.54) is 26.1 Å². The first-order valence-corrected chi connectivity index (χ1v) is 8.36. The minimum Gasteiger partial charge on any atom is -0.457 e. The fourth-order valence-electron chi connectivity index (χ4n) is 2.03. The third-order valence-corrected chi connectivity index (χ3v) is 3.78. The molecule has 1 rings (SSSR count). The third-order valence-electron chi connectivity index (χ3n) is 3.78. The second-order valence-corrected chi connectivity index (χ2v) is 7.34. The van der Waals surface area contributed by atoms with E-state index in [4.69, 9.17) is 9.47 Å². The highest BCUT2D eigenvalue weighted by molar-refractivity contribution is 6.09. The first kappa shape index (κ1) is 23.0. The summed E-state index contributed by atoms with van der Waals surface area (Å²) < 4.78 is 10.1. The summed E-state index contributed by atoms with van der Waals surface area (Å²) in [5.74, 6) is -2.06. The number of ether oxygens (including phenoxy) is 2. The van der Waals surface area contributed by atoms with Crippen LogP contribution < -0.4 is 4.74 Å². The van der Waals surface area contributed by atoms with Gasteiger partial charge in [0, 0.05) is 19.2 Å². The average Bonchev–Trinajstić information content (AvgIpc) is 2.58. The number of ketones is 1. The predicted molar refractivity (Wildman–Crippen MR) is 97.8 cm³/mol. The van der Waals surface area contributed by atoms with Gasteiger partial charge in [0.15, 0.2) is 5.78 Å². The van der Waals surface area contributed by atoms with Crippen molar-refractivity contribution < 1.29 is 33.9 Å². The Morgan fingerprint density at radius 3 is 2.07 bits per heavy atom. The van der Waals surface area contributed by atoms with Crippen molar-refractivity contribution >= 4 is 23.5 Å². The van der Waals surface area contributed by atoms with Crippen LogP contribution in [0.3, 0.4) is 0 Å². The van der Waals surface area contributed by atoms with E-state index in [2.05, 4.69) is 0 Å². The van der Waals surface area contributed by atoms with Gasteiger partial charge in [-0.05, 0) is 46.8 Å². The van der Waals surface area contributed by atoms with E-state index in [-0.39, 0.29) is 11.4 Å². The molecule has 10 heteroatoms. The average molecular weight is 396 g/mol. The topological polar surface area (TPSA) is 136 Å². The second-order valence-electron chi connectivity index (χ2n) is 7.34. The standard InChI is InChI=1S/C18H24N2O8/c1-11(14(21)18(5,24)15(22)28-17(2,3)4)19(6)16(23)27-13-9-7-12(8-10-13)20(25)26/h7-11,24H,1-6H3/t11-,18?/m0/s1. The summed E-state index contributed by atoms with van der Waals surface area (Å²) in [7, 11) is 1.25. The van der Waals surface area contributed by atoms with E-state index in [0.717, 1.165) is 24.0 Å². The molecular weight excluding hydrogens is 372 g/mol. The lowest BCUT2D eigenvalue weighted by Crippen LogP contribution is -2.55. The number of likely N-dealkylation sites (N-methyl/N-ethyl adjacent to an activating group) is 1. The van der Waals surface area contributed by atoms with Gasteiger partial charge in [0.2, 0.25) is 5.60 Å². The van der Waals surface area contributed by atoms with Gasteiger partial charge >= 0.3 is 12.1 Å². The molecule has 0 spiro atoms. The SMILES string of the molecule is C[C@@H](C(=O)C(C)(O)C(=O)OC(C)(C)C)N(C)C(=O)Oc1ccc([N+](=O)[O-])cc1. The molecule has 0 radical (unpaired) electrons. The molecule has 0 heterocycles. The van der Waals surface area contributed by atoms with Crippen LogP contribution in [0.4, 0.5) is 10.5 Å². The van der Waals surface area contributed by atoms with Gasteiger partial charge in [0.1, 0.15) is 11.4 Å². The maximum Gasteiger partial charge on any atom is 0.415 e. The highest BCUT2D eigenvalue weighted by Crippen LogP contribution is 2.20. The first-order chi connectivity index (χ1) is 12.7. The van der Waals surface area contributed by atoms with E-state index in [1.807, 2.05) is 0 Å². The minimum atomic E-state index is -2.46. The number of nitro groups is 1. The second kappa shape index (κ2) is 8.34. The number of hydrogen-bond donors (Lipinski definition) is 1. The Hall–Kier alpha value is -3.01. The van der Waals surface area contributed by atoms with E-state index >= 15 is 0 Å². The molecule has 0 saturated heterocycles. The van der Waals surface area contributed by atoms with Crippen LogP contribution in [-0.4, -0.2) is 57.1 Å². The van der Waals surface area contributed by atoms with Gasteiger partial charge in [0.25, 0.3) is 5.69 Å². The molecular formula is C18H24N2O8. The monoisotopic (exact) mass is 396 g/mol. The van der Waals surface area contributed by atoms with Crippen LogP contribution in [0.2, 0.25) is 0 Å². The number of aliphatic hydroxyl groups is 1. The lowest BCUT2D eigenvalue weighted by atomic mass is 9.95. The van der Waals surface area contributed by atoms with Crippen molar-refractivity contribution in [3.05, 3.63) is 34.4 Å². The predicted octanol–water partition coefficient (Wildman–Crippen LogP) is 2.08. The van der Waals surface area contributed by atoms with Gasteiger partial charge in [0.05, 0.1) is 11.0 Å². The van der Waals surface area contributed by atoms with Gasteiger partial charge in [-0.1, -0.05) is 0 Å². The van der Waals surface area contributed by atoms with E-state index < -0.39 is 40.0 Å². The normalized spacial score (nSPS) is 14.4. The first-order valence-electron chi connectivity index (χ1n) is 8.36. The molecule has 0 saturated carbocycles. The largest absolute Gasteiger partial charge is 0.457 e. The van der Waals surface area contributed by atoms with Crippen molar-refractivity contribution in [1.29, 1.82) is 0 Å². The number of hydrogen-bond acceptors (Lipinski definition) is 8. The van der Waals surface area contributed by atoms with Gasteiger partial charge in [-0.2, -0.15) is 0 Å². The third kappa shape index (κ3) is 5.74. The summed E-state index contributed by atoms with van der Waals surface area (Å²) in [5, 5.41) is 21.0. The summed E-state index contributed by atoms with van der Waals surface area (Å²) >= 11 is 0. The number of nitrogens with zero attached hydrogens (tertiary/aromatic N) is 2. The van der Waals surface area contributed by atoms with E-state index in [1.54, 1.807) is 20.8 Å². The molecule has 0 aliphatic heterocycles. The van der Waals surface area contributed by atoms with Crippen LogP contribution in [0.25, 0.3) is 0 Å². The Bertz CT molecular complexity index is 765. The van der Waals surface area contributed by atoms with Crippen molar-refractivity contribution in [2.75, 3.05) is 7.05 Å². The molecule has 1 aromatic rings. The molecule has 154 valence electrons. The molecule has 0 aliphatic rings. The number of carbonyl (C=O) groups is 3. The summed E-state index contributed by atoms with van der Waals surface area (Å²) in [6.07, 6.45) is -0.949. The van der Waals surface area contributed by atoms with Crippen LogP contribution in [0, 0.1) is 10.1 Å². The number of rotatable bonds is 6. The van der Waals surface area contributed by atoms with E-state index in [9.17, 15) is 29.6 Å². The fourth-order valence-corrected chi connectivity index (χ4v) is 2.03. The quantitative estimate of drug-likeness (QED) is 0.334. The van der Waals surface area contributed by atoms with Crippen molar-refractivity contribution in [3.63, 3.8) is 0 Å². The molecule has 2 atom stereocenters. The van der Waals surface area contributed by atoms with Crippen molar-refractivity contribution in [1.82, 2.24) is 4.90 Å². The molecule has 28 heavy (non-hydrogen) atoms. The lowest BCUT2D eigenvalue weighted by Gasteiger charge is -2.31. The number of Topliss-reactive ketones (excluding diaryl/α,β-unsaturated/α-hetero) is 1. The van der Waals surface area contributed by atoms with Crippen LogP contribution in [0.5, 0.6) is 5.75 Å². The number of esters is 1. The Balaban J connectivity index is 2.84. The van der Waals surface area contributed by atoms with Crippen LogP contribution >= 0.6 is 0 Å². The zero-order valence-electron chi connectivity index (χ0n) is 16.6. The lowest BCUT2D eigenvalue weighted by molar-refractivity contribution is -0.384. The highest BCUT2D eigenvalue weighted by atomic mass is 16.6. The summed E-state index contributed by atoms with van der Waals surface area (Å²) in [6, 6.07) is 3.56. The van der Waals surface area contributed by atoms with Crippen molar-refractivity contribution in [2.45, 2.75) is 51.9 Å². The zero-order chi connectivity index (χ0) is 21.9. The van der Waals surface area contributed by atoms with Crippen LogP contribution in [0.1, 0.15) is 34.6 Å². The summed E-state index contributed by atoms with van der Waals surface area (Å²) in [4.78, 5) is 47.8. The smallest absolute Gasteiger partial charge is 0.415 e. The van der Waals surface area contributed by atoms with Crippen molar-refractivity contribution in [2.24, 2.45) is 0 Å². The van der Waals surface area contributed by atoms with Gasteiger partial charge in [-0.15, -0.1) is 0 Å². The highest BCUT2D eigenvalue weighted by Gasteiger charge is 2.46. The Morgan fingerprint density at radius 2 is 1.64 bits per heavy atom. The maximum atomic E-state index is 12.5. The number of carbonyl (C=O) groups excluding carboxylic acids is 3. The van der Waals surface area contributed by atoms with Crippen LogP contribution in [0.15, 0.2) is 24.3 Å². The number of nitro benzene ring substituents is 1. The Morgan fingerprint density at radius 1 is 1.14 bits per heavy atom. The fraction of sp³-hybridized carbons (Fsp3) is 0.500. The van der Waals surface area contributed by atoms with E-state index in [0.29, 0.717) is 0 Å². The summed E-state index contributed by atoms with van der Waals surface area (Å²) in [5.41, 5.74) is -3.55. The number of benzene rings is 1. The number of non-ortho nitro benzene ring substituents is 1. The molecule has 1 aromatic carbocycles. The maximum absolute atomic E-state index is 12.5. The molecule has 0 aliphatic carbocycles. The number of amides is 1.